The molecule has 0 radical (unpaired) electrons. The number of hydrogen-bond acceptors (Lipinski definition) is 5. The Balaban J connectivity index is 1.66. The number of aryl methyl sites for hydroxylation is 1. The van der Waals surface area contributed by atoms with Gasteiger partial charge in [0, 0.05) is 5.02 Å². The molecule has 1 aromatic heterocycles. The first-order chi connectivity index (χ1) is 13.3. The molecule has 0 spiro atoms. The number of halogens is 3. The minimum atomic E-state index is -0.944. The van der Waals surface area contributed by atoms with Crippen LogP contribution in [0.25, 0.3) is 5.69 Å². The number of para-hydroxylation sites is 1. The first kappa shape index (κ1) is 19.4. The Morgan fingerprint density at radius 3 is 2.50 bits per heavy atom. The number of carbonyl (C=O) groups is 2. The van der Waals surface area contributed by atoms with Crippen molar-refractivity contribution >= 4 is 29.2 Å². The highest BCUT2D eigenvalue weighted by molar-refractivity contribution is 6.30. The summed E-state index contributed by atoms with van der Waals surface area (Å²) in [6.07, 6.45) is 0. The van der Waals surface area contributed by atoms with Gasteiger partial charge >= 0.3 is 5.97 Å². The molecule has 7 nitrogen and oxygen atoms in total. The molecule has 28 heavy (non-hydrogen) atoms. The largest absolute Gasteiger partial charge is 0.451 e. The molecule has 0 unspecified atom stereocenters. The highest BCUT2D eigenvalue weighted by atomic mass is 35.5. The van der Waals surface area contributed by atoms with Crippen molar-refractivity contribution in [1.82, 2.24) is 15.0 Å². The van der Waals surface area contributed by atoms with E-state index in [-0.39, 0.29) is 11.4 Å². The predicted octanol–water partition coefficient (Wildman–Crippen LogP) is 3.30. The van der Waals surface area contributed by atoms with Crippen molar-refractivity contribution in [2.45, 2.75) is 6.92 Å². The number of nitrogens with zero attached hydrogens (tertiary/aromatic N) is 3. The molecular formula is C18H13ClF2N4O3. The molecular weight excluding hydrogens is 394 g/mol. The van der Waals surface area contributed by atoms with E-state index in [1.165, 1.54) is 4.80 Å². The van der Waals surface area contributed by atoms with Gasteiger partial charge in [-0.25, -0.2) is 13.6 Å². The van der Waals surface area contributed by atoms with Crippen molar-refractivity contribution in [3.8, 4) is 5.69 Å². The second-order valence-electron chi connectivity index (χ2n) is 5.62. The van der Waals surface area contributed by atoms with E-state index in [1.807, 2.05) is 5.32 Å². The zero-order valence-electron chi connectivity index (χ0n) is 14.4. The van der Waals surface area contributed by atoms with E-state index in [1.54, 1.807) is 31.2 Å². The molecule has 0 aliphatic carbocycles. The molecule has 0 aliphatic heterocycles. The fourth-order valence-electron chi connectivity index (χ4n) is 2.28. The molecule has 0 atom stereocenters. The Morgan fingerprint density at radius 2 is 1.82 bits per heavy atom. The van der Waals surface area contributed by atoms with Crippen molar-refractivity contribution in [2.24, 2.45) is 0 Å². The van der Waals surface area contributed by atoms with Crippen molar-refractivity contribution in [1.29, 1.82) is 0 Å². The summed E-state index contributed by atoms with van der Waals surface area (Å²) in [6, 6.07) is 9.80. The summed E-state index contributed by atoms with van der Waals surface area (Å²) in [4.78, 5) is 25.2. The Labute approximate surface area is 162 Å². The van der Waals surface area contributed by atoms with Gasteiger partial charge in [0.2, 0.25) is 0 Å². The molecule has 1 N–H and O–H groups in total. The van der Waals surface area contributed by atoms with Crippen molar-refractivity contribution in [3.63, 3.8) is 0 Å². The number of amides is 1. The number of benzene rings is 2. The number of anilines is 1. The van der Waals surface area contributed by atoms with Crippen molar-refractivity contribution in [3.05, 3.63) is 70.5 Å². The number of carbonyl (C=O) groups excluding carboxylic acids is 2. The van der Waals surface area contributed by atoms with Crippen LogP contribution < -0.4 is 5.32 Å². The summed E-state index contributed by atoms with van der Waals surface area (Å²) in [7, 11) is 0. The average molecular weight is 407 g/mol. The summed E-state index contributed by atoms with van der Waals surface area (Å²) >= 11 is 5.92. The molecule has 3 aromatic rings. The zero-order valence-corrected chi connectivity index (χ0v) is 15.2. The van der Waals surface area contributed by atoms with Crippen LogP contribution in [0.2, 0.25) is 5.02 Å². The molecule has 0 aliphatic rings. The van der Waals surface area contributed by atoms with E-state index in [4.69, 9.17) is 16.3 Å². The van der Waals surface area contributed by atoms with Crippen LogP contribution in [0.1, 0.15) is 16.2 Å². The van der Waals surface area contributed by atoms with Crippen molar-refractivity contribution in [2.75, 3.05) is 11.9 Å². The first-order valence-corrected chi connectivity index (χ1v) is 8.34. The van der Waals surface area contributed by atoms with Gasteiger partial charge in [-0.2, -0.15) is 9.90 Å². The smallest absolute Gasteiger partial charge is 0.361 e. The summed E-state index contributed by atoms with van der Waals surface area (Å²) in [5.41, 5.74) is 0.0735. The molecule has 0 saturated carbocycles. The van der Waals surface area contributed by atoms with Gasteiger partial charge in [-0.15, -0.1) is 5.10 Å². The average Bonchev–Trinajstić information content (AvgIpc) is 3.05. The summed E-state index contributed by atoms with van der Waals surface area (Å²) < 4.78 is 31.9. The quantitative estimate of drug-likeness (QED) is 0.657. The van der Waals surface area contributed by atoms with E-state index in [2.05, 4.69) is 10.2 Å². The Bertz CT molecular complexity index is 1030. The standard InChI is InChI=1S/C18H13ClF2N4O3/c1-10-16(24-25(23-10)12-5-2-4-11(19)8-12)18(27)28-9-15(26)22-17-13(20)6-3-7-14(17)21/h2-8H,9H2,1H3,(H,22,26). The predicted molar refractivity (Wildman–Crippen MR) is 96.4 cm³/mol. The number of nitrogens with one attached hydrogen (secondary N) is 1. The molecule has 0 saturated heterocycles. The van der Waals surface area contributed by atoms with Gasteiger partial charge in [0.25, 0.3) is 5.91 Å². The maximum atomic E-state index is 13.5. The topological polar surface area (TPSA) is 86.1 Å². The maximum Gasteiger partial charge on any atom is 0.361 e. The highest BCUT2D eigenvalue weighted by Crippen LogP contribution is 2.18. The van der Waals surface area contributed by atoms with Crippen LogP contribution in [0.3, 0.4) is 0 Å². The van der Waals surface area contributed by atoms with Gasteiger partial charge in [0.15, 0.2) is 12.3 Å². The van der Waals surface area contributed by atoms with E-state index in [0.717, 1.165) is 18.2 Å². The Hall–Kier alpha value is -3.33. The number of aromatic nitrogens is 3. The monoisotopic (exact) mass is 406 g/mol. The third kappa shape index (κ3) is 4.32. The van der Waals surface area contributed by atoms with E-state index >= 15 is 0 Å². The number of esters is 1. The Morgan fingerprint density at radius 1 is 1.14 bits per heavy atom. The van der Waals surface area contributed by atoms with Crippen LogP contribution in [0, 0.1) is 18.6 Å². The fraction of sp³-hybridized carbons (Fsp3) is 0.111. The zero-order chi connectivity index (χ0) is 20.3. The summed E-state index contributed by atoms with van der Waals surface area (Å²) in [6.45, 7) is 0.787. The number of ether oxygens (including phenoxy) is 1. The third-order valence-electron chi connectivity index (χ3n) is 3.58. The van der Waals surface area contributed by atoms with Gasteiger partial charge in [0.1, 0.15) is 17.3 Å². The third-order valence-corrected chi connectivity index (χ3v) is 3.81. The maximum absolute atomic E-state index is 13.5. The molecule has 1 heterocycles. The first-order valence-electron chi connectivity index (χ1n) is 7.96. The molecule has 0 bridgehead atoms. The van der Waals surface area contributed by atoms with E-state index in [9.17, 15) is 18.4 Å². The van der Waals surface area contributed by atoms with Crippen LogP contribution in [-0.2, 0) is 9.53 Å². The van der Waals surface area contributed by atoms with Gasteiger partial charge in [-0.05, 0) is 37.3 Å². The van der Waals surface area contributed by atoms with Gasteiger partial charge in [-0.1, -0.05) is 23.7 Å². The van der Waals surface area contributed by atoms with Crippen molar-refractivity contribution < 1.29 is 23.1 Å². The second-order valence-corrected chi connectivity index (χ2v) is 6.06. The molecule has 2 aromatic carbocycles. The molecule has 3 rings (SSSR count). The van der Waals surface area contributed by atoms with Crippen LogP contribution in [0.5, 0.6) is 0 Å². The lowest BCUT2D eigenvalue weighted by atomic mass is 10.3. The lowest BCUT2D eigenvalue weighted by Crippen LogP contribution is -2.22. The molecule has 10 heteroatoms. The molecule has 144 valence electrons. The van der Waals surface area contributed by atoms with E-state index in [0.29, 0.717) is 10.7 Å². The lowest BCUT2D eigenvalue weighted by Gasteiger charge is -2.07. The Kier molecular flexibility index (Phi) is 5.65. The van der Waals surface area contributed by atoms with Gasteiger partial charge in [0.05, 0.1) is 11.4 Å². The minimum absolute atomic E-state index is 0.107. The van der Waals surface area contributed by atoms with Crippen LogP contribution in [-0.4, -0.2) is 33.5 Å². The normalized spacial score (nSPS) is 10.6. The van der Waals surface area contributed by atoms with Gasteiger partial charge in [-0.3, -0.25) is 4.79 Å². The summed E-state index contributed by atoms with van der Waals surface area (Å²) in [5.74, 6) is -3.70. The minimum Gasteiger partial charge on any atom is -0.451 e. The van der Waals surface area contributed by atoms with Gasteiger partial charge < -0.3 is 10.1 Å². The second kappa shape index (κ2) is 8.13. The lowest BCUT2D eigenvalue weighted by molar-refractivity contribution is -0.119. The highest BCUT2D eigenvalue weighted by Gasteiger charge is 2.20. The van der Waals surface area contributed by atoms with E-state index < -0.39 is 35.8 Å². The fourth-order valence-corrected chi connectivity index (χ4v) is 2.46. The molecule has 1 amide bonds. The number of rotatable bonds is 5. The number of hydrogen-bond donors (Lipinski definition) is 1. The SMILES string of the molecule is Cc1nn(-c2cccc(Cl)c2)nc1C(=O)OCC(=O)Nc1c(F)cccc1F. The van der Waals surface area contributed by atoms with Crippen LogP contribution >= 0.6 is 11.6 Å². The summed E-state index contributed by atoms with van der Waals surface area (Å²) in [5, 5.41) is 10.6. The van der Waals surface area contributed by atoms with Crippen LogP contribution in [0.15, 0.2) is 42.5 Å². The molecule has 0 fully saturated rings. The van der Waals surface area contributed by atoms with Crippen LogP contribution in [0.4, 0.5) is 14.5 Å².